The predicted octanol–water partition coefficient (Wildman–Crippen LogP) is 3.41. The fourth-order valence-corrected chi connectivity index (χ4v) is 3.40. The van der Waals surface area contributed by atoms with Gasteiger partial charge in [0.1, 0.15) is 5.75 Å². The van der Waals surface area contributed by atoms with Crippen LogP contribution in [0.25, 0.3) is 0 Å². The second-order valence-electron chi connectivity index (χ2n) is 7.32. The second-order valence-corrected chi connectivity index (χ2v) is 7.32. The molecular weight excluding hydrogens is 370 g/mol. The van der Waals surface area contributed by atoms with Gasteiger partial charge in [0.2, 0.25) is 11.7 Å². The molecule has 152 valence electrons. The molecule has 3 rings (SSSR count). The molecule has 0 bridgehead atoms. The van der Waals surface area contributed by atoms with Gasteiger partial charge in [-0.05, 0) is 68.1 Å². The summed E-state index contributed by atoms with van der Waals surface area (Å²) in [6.45, 7) is 7.26. The first-order chi connectivity index (χ1) is 13.8. The maximum atomic E-state index is 12.7. The molecule has 1 aliphatic heterocycles. The zero-order valence-electron chi connectivity index (χ0n) is 17.2. The Morgan fingerprint density at radius 3 is 2.59 bits per heavy atom. The summed E-state index contributed by atoms with van der Waals surface area (Å²) < 4.78 is 10.8. The average molecular weight is 395 g/mol. The van der Waals surface area contributed by atoms with E-state index in [4.69, 9.17) is 9.47 Å². The lowest BCUT2D eigenvalue weighted by molar-refractivity contribution is -0.148. The van der Waals surface area contributed by atoms with E-state index in [-0.39, 0.29) is 18.3 Å². The third-order valence-corrected chi connectivity index (χ3v) is 5.01. The molecule has 2 aromatic rings. The predicted molar refractivity (Wildman–Crippen MR) is 109 cm³/mol. The van der Waals surface area contributed by atoms with Crippen molar-refractivity contribution in [1.82, 2.24) is 0 Å². The smallest absolute Gasteiger partial charge is 0.344 e. The lowest BCUT2D eigenvalue weighted by atomic mass is 10.0. The Morgan fingerprint density at radius 1 is 1.10 bits per heavy atom. The van der Waals surface area contributed by atoms with Crippen LogP contribution in [0.5, 0.6) is 5.75 Å². The van der Waals surface area contributed by atoms with Crippen molar-refractivity contribution in [3.05, 3.63) is 58.7 Å². The average Bonchev–Trinajstić information content (AvgIpc) is 3.11. The Hall–Kier alpha value is -3.15. The van der Waals surface area contributed by atoms with Crippen molar-refractivity contribution in [3.8, 4) is 5.75 Å². The summed E-state index contributed by atoms with van der Waals surface area (Å²) in [4.78, 5) is 38.1. The number of fused-ring (bicyclic) bond motifs is 1. The van der Waals surface area contributed by atoms with Crippen molar-refractivity contribution in [1.29, 1.82) is 0 Å². The Morgan fingerprint density at radius 2 is 1.86 bits per heavy atom. The lowest BCUT2D eigenvalue weighted by Crippen LogP contribution is -2.27. The number of carbonyl (C=O) groups excluding carboxylic acids is 3. The van der Waals surface area contributed by atoms with Gasteiger partial charge in [-0.25, -0.2) is 4.79 Å². The molecule has 0 fully saturated rings. The molecule has 2 aromatic carbocycles. The van der Waals surface area contributed by atoms with Crippen molar-refractivity contribution in [2.45, 2.75) is 40.2 Å². The van der Waals surface area contributed by atoms with Gasteiger partial charge in [-0.2, -0.15) is 0 Å². The van der Waals surface area contributed by atoms with Crippen LogP contribution in [-0.2, 0) is 20.7 Å². The van der Waals surface area contributed by atoms with Gasteiger partial charge < -0.3 is 14.4 Å². The van der Waals surface area contributed by atoms with Crippen molar-refractivity contribution in [2.75, 3.05) is 18.1 Å². The number of esters is 1. The number of hydrogen-bond acceptors (Lipinski definition) is 5. The van der Waals surface area contributed by atoms with E-state index in [2.05, 4.69) is 0 Å². The van der Waals surface area contributed by atoms with Crippen LogP contribution >= 0.6 is 0 Å². The number of anilines is 1. The van der Waals surface area contributed by atoms with E-state index in [0.717, 1.165) is 22.4 Å². The molecule has 1 atom stereocenters. The molecule has 0 saturated heterocycles. The highest BCUT2D eigenvalue weighted by Gasteiger charge is 2.25. The van der Waals surface area contributed by atoms with E-state index in [1.807, 2.05) is 32.0 Å². The SMILES string of the molecule is CC(=O)N1CCc2cc(C(=O)C(C)OC(=O)COc3cc(C)ccc3C)ccc21. The molecule has 0 spiro atoms. The summed E-state index contributed by atoms with van der Waals surface area (Å²) in [6.07, 6.45) is -0.221. The van der Waals surface area contributed by atoms with Gasteiger partial charge in [-0.15, -0.1) is 0 Å². The van der Waals surface area contributed by atoms with E-state index in [0.29, 0.717) is 24.3 Å². The van der Waals surface area contributed by atoms with Crippen LogP contribution in [0.1, 0.15) is 40.9 Å². The van der Waals surface area contributed by atoms with Crippen molar-refractivity contribution in [2.24, 2.45) is 0 Å². The van der Waals surface area contributed by atoms with Gasteiger partial charge in [0.15, 0.2) is 12.7 Å². The van der Waals surface area contributed by atoms with Crippen LogP contribution in [0.2, 0.25) is 0 Å². The Kier molecular flexibility index (Phi) is 6.01. The molecule has 0 aliphatic carbocycles. The first-order valence-corrected chi connectivity index (χ1v) is 9.61. The van der Waals surface area contributed by atoms with Crippen LogP contribution in [0.4, 0.5) is 5.69 Å². The Labute approximate surface area is 170 Å². The van der Waals surface area contributed by atoms with Crippen LogP contribution in [0, 0.1) is 13.8 Å². The summed E-state index contributed by atoms with van der Waals surface area (Å²) in [6, 6.07) is 11.0. The topological polar surface area (TPSA) is 72.9 Å². The number of hydrogen-bond donors (Lipinski definition) is 0. The zero-order valence-corrected chi connectivity index (χ0v) is 17.2. The molecule has 0 radical (unpaired) electrons. The fraction of sp³-hybridized carbons (Fsp3) is 0.348. The normalized spacial score (nSPS) is 13.6. The number of amides is 1. The highest BCUT2D eigenvalue weighted by atomic mass is 16.6. The number of aryl methyl sites for hydroxylation is 2. The largest absolute Gasteiger partial charge is 0.482 e. The van der Waals surface area contributed by atoms with E-state index < -0.39 is 12.1 Å². The monoisotopic (exact) mass is 395 g/mol. The van der Waals surface area contributed by atoms with Gasteiger partial charge in [0.25, 0.3) is 0 Å². The summed E-state index contributed by atoms with van der Waals surface area (Å²) in [5.41, 5.74) is 4.20. The molecule has 0 saturated carbocycles. The molecule has 1 aliphatic rings. The first kappa shape index (κ1) is 20.6. The maximum Gasteiger partial charge on any atom is 0.344 e. The van der Waals surface area contributed by atoms with Crippen LogP contribution in [-0.4, -0.2) is 36.9 Å². The number of benzene rings is 2. The minimum atomic E-state index is -0.923. The third-order valence-electron chi connectivity index (χ3n) is 5.01. The Balaban J connectivity index is 1.60. The van der Waals surface area contributed by atoms with Crippen molar-refractivity contribution >= 4 is 23.3 Å². The summed E-state index contributed by atoms with van der Waals surface area (Å²) in [5, 5.41) is 0. The summed E-state index contributed by atoms with van der Waals surface area (Å²) in [5.74, 6) is -0.284. The zero-order chi connectivity index (χ0) is 21.1. The van der Waals surface area contributed by atoms with E-state index >= 15 is 0 Å². The molecule has 1 unspecified atom stereocenters. The Bertz CT molecular complexity index is 966. The molecule has 29 heavy (non-hydrogen) atoms. The first-order valence-electron chi connectivity index (χ1n) is 9.61. The molecule has 0 aromatic heterocycles. The number of Topliss-reactive ketones (excluding diaryl/α,β-unsaturated/α-hetero) is 1. The maximum absolute atomic E-state index is 12.7. The molecule has 6 nitrogen and oxygen atoms in total. The van der Waals surface area contributed by atoms with Crippen molar-refractivity contribution < 1.29 is 23.9 Å². The molecule has 1 amide bonds. The standard InChI is InChI=1S/C23H25NO5/c1-14-5-6-15(2)21(11-14)28-13-22(26)29-16(3)23(27)19-7-8-20-18(12-19)9-10-24(20)17(4)25/h5-8,11-12,16H,9-10,13H2,1-4H3. The van der Waals surface area contributed by atoms with Gasteiger partial charge in [0.05, 0.1) is 0 Å². The molecule has 0 N–H and O–H groups in total. The van der Waals surface area contributed by atoms with Crippen molar-refractivity contribution in [3.63, 3.8) is 0 Å². The quantitative estimate of drug-likeness (QED) is 0.554. The highest BCUT2D eigenvalue weighted by Crippen LogP contribution is 2.29. The van der Waals surface area contributed by atoms with Crippen LogP contribution in [0.15, 0.2) is 36.4 Å². The van der Waals surface area contributed by atoms with E-state index in [1.165, 1.54) is 6.92 Å². The summed E-state index contributed by atoms with van der Waals surface area (Å²) in [7, 11) is 0. The molecular formula is C23H25NO5. The van der Waals surface area contributed by atoms with E-state index in [9.17, 15) is 14.4 Å². The lowest BCUT2D eigenvalue weighted by Gasteiger charge is -2.16. The van der Waals surface area contributed by atoms with Crippen LogP contribution < -0.4 is 9.64 Å². The van der Waals surface area contributed by atoms with Gasteiger partial charge in [-0.1, -0.05) is 12.1 Å². The van der Waals surface area contributed by atoms with Gasteiger partial charge >= 0.3 is 5.97 Å². The van der Waals surface area contributed by atoms with Gasteiger partial charge in [-0.3, -0.25) is 9.59 Å². The minimum absolute atomic E-state index is 0.0195. The summed E-state index contributed by atoms with van der Waals surface area (Å²) >= 11 is 0. The number of ketones is 1. The number of nitrogens with zero attached hydrogens (tertiary/aromatic N) is 1. The molecule has 6 heteroatoms. The van der Waals surface area contributed by atoms with Gasteiger partial charge in [0, 0.05) is 24.7 Å². The molecule has 1 heterocycles. The second kappa shape index (κ2) is 8.47. The fourth-order valence-electron chi connectivity index (χ4n) is 3.40. The minimum Gasteiger partial charge on any atom is -0.482 e. The number of ether oxygens (including phenoxy) is 2. The third kappa shape index (κ3) is 4.65. The number of carbonyl (C=O) groups is 3. The highest BCUT2D eigenvalue weighted by molar-refractivity contribution is 6.01. The van der Waals surface area contributed by atoms with Crippen LogP contribution in [0.3, 0.4) is 0 Å². The van der Waals surface area contributed by atoms with E-state index in [1.54, 1.807) is 30.0 Å². The number of rotatable bonds is 6.